The van der Waals surface area contributed by atoms with Gasteiger partial charge in [-0.1, -0.05) is 54.1 Å². The molecule has 0 bridgehead atoms. The average molecular weight is 511 g/mol. The van der Waals surface area contributed by atoms with E-state index in [1.54, 1.807) is 30.9 Å². The summed E-state index contributed by atoms with van der Waals surface area (Å²) in [5.74, 6) is 0.938. The van der Waals surface area contributed by atoms with Gasteiger partial charge in [-0.25, -0.2) is 0 Å². The topological polar surface area (TPSA) is 115 Å². The fourth-order valence-corrected chi connectivity index (χ4v) is 4.06. The molecule has 0 radical (unpaired) electrons. The number of rotatable bonds is 9. The van der Waals surface area contributed by atoms with Crippen LogP contribution < -0.4 is 11.1 Å². The molecule has 1 atom stereocenters. The molecule has 2 heterocycles. The van der Waals surface area contributed by atoms with Crippen LogP contribution in [0.4, 0.5) is 0 Å². The molecular weight excluding hydrogens is 480 g/mol. The quantitative estimate of drug-likeness (QED) is 0.457. The number of ether oxygens (including phenoxy) is 1. The van der Waals surface area contributed by atoms with E-state index in [-0.39, 0.29) is 24.8 Å². The van der Waals surface area contributed by atoms with Gasteiger partial charge in [0.15, 0.2) is 11.6 Å². The van der Waals surface area contributed by atoms with Crippen molar-refractivity contribution >= 4 is 23.4 Å². The average Bonchev–Trinajstić information content (AvgIpc) is 3.28. The number of nitrogens with one attached hydrogen (secondary N) is 1. The minimum absolute atomic E-state index is 0.00838. The van der Waals surface area contributed by atoms with Crippen molar-refractivity contribution < 1.29 is 14.3 Å². The van der Waals surface area contributed by atoms with Gasteiger partial charge in [-0.05, 0) is 37.1 Å². The first-order valence-electron chi connectivity index (χ1n) is 11.9. The first-order chi connectivity index (χ1) is 17.2. The van der Waals surface area contributed by atoms with Gasteiger partial charge in [0.2, 0.25) is 11.8 Å². The number of aromatic nitrogens is 3. The van der Waals surface area contributed by atoms with E-state index >= 15 is 0 Å². The summed E-state index contributed by atoms with van der Waals surface area (Å²) in [6.45, 7) is 5.26. The van der Waals surface area contributed by atoms with Crippen LogP contribution in [-0.4, -0.2) is 50.2 Å². The Balaban J connectivity index is 1.45. The van der Waals surface area contributed by atoms with Gasteiger partial charge in [-0.3, -0.25) is 9.59 Å². The molecule has 9 nitrogen and oxygen atoms in total. The zero-order valence-corrected chi connectivity index (χ0v) is 21.2. The molecule has 1 aliphatic rings. The van der Waals surface area contributed by atoms with Gasteiger partial charge >= 0.3 is 0 Å². The summed E-state index contributed by atoms with van der Waals surface area (Å²) in [4.78, 5) is 27.3. The van der Waals surface area contributed by atoms with Gasteiger partial charge in [-0.2, -0.15) is 0 Å². The molecule has 4 rings (SSSR count). The van der Waals surface area contributed by atoms with Crippen molar-refractivity contribution in [1.82, 2.24) is 25.0 Å². The number of hydrogen-bond acceptors (Lipinski definition) is 6. The van der Waals surface area contributed by atoms with Gasteiger partial charge in [0.1, 0.15) is 6.04 Å². The molecule has 2 amide bonds. The number of fused-ring (bicyclic) bond motifs is 1. The predicted octanol–water partition coefficient (Wildman–Crippen LogP) is 2.63. The third-order valence-corrected chi connectivity index (χ3v) is 6.25. The highest BCUT2D eigenvalue weighted by Crippen LogP contribution is 2.20. The van der Waals surface area contributed by atoms with Crippen LogP contribution in [-0.2, 0) is 40.4 Å². The number of nitrogens with two attached hydrogens (primary N) is 1. The SMILES string of the molecule is CC(C)(N)C(=O)N[C@H](COCc1ccccc1)c1nnc2n1CCN(C(=O)Cc1ccc(Cl)cc1)C2. The van der Waals surface area contributed by atoms with Gasteiger partial charge in [0.05, 0.1) is 31.7 Å². The van der Waals surface area contributed by atoms with Gasteiger partial charge < -0.3 is 25.3 Å². The fourth-order valence-electron chi connectivity index (χ4n) is 3.93. The summed E-state index contributed by atoms with van der Waals surface area (Å²) in [6.07, 6.45) is 0.287. The second-order valence-electron chi connectivity index (χ2n) is 9.49. The largest absolute Gasteiger partial charge is 0.374 e. The van der Waals surface area contributed by atoms with Gasteiger partial charge in [0.25, 0.3) is 0 Å². The zero-order valence-electron chi connectivity index (χ0n) is 20.5. The molecule has 1 aromatic heterocycles. The highest BCUT2D eigenvalue weighted by molar-refractivity contribution is 6.30. The Morgan fingerprint density at radius 3 is 2.50 bits per heavy atom. The molecule has 0 saturated carbocycles. The number of nitrogens with zero attached hydrogens (tertiary/aromatic N) is 4. The van der Waals surface area contributed by atoms with Crippen molar-refractivity contribution in [1.29, 1.82) is 0 Å². The smallest absolute Gasteiger partial charge is 0.240 e. The van der Waals surface area contributed by atoms with Crippen molar-refractivity contribution in [2.24, 2.45) is 5.73 Å². The maximum absolute atomic E-state index is 12.9. The van der Waals surface area contributed by atoms with E-state index in [1.807, 2.05) is 47.0 Å². The first kappa shape index (κ1) is 25.8. The van der Waals surface area contributed by atoms with Crippen LogP contribution in [0.15, 0.2) is 54.6 Å². The van der Waals surface area contributed by atoms with E-state index < -0.39 is 11.6 Å². The number of halogens is 1. The summed E-state index contributed by atoms with van der Waals surface area (Å²) < 4.78 is 7.88. The molecule has 0 saturated heterocycles. The molecule has 36 heavy (non-hydrogen) atoms. The lowest BCUT2D eigenvalue weighted by Gasteiger charge is -2.30. The summed E-state index contributed by atoms with van der Waals surface area (Å²) in [6, 6.07) is 16.5. The zero-order chi connectivity index (χ0) is 25.7. The van der Waals surface area contributed by atoms with Crippen molar-refractivity contribution in [2.75, 3.05) is 13.2 Å². The summed E-state index contributed by atoms with van der Waals surface area (Å²) >= 11 is 5.94. The van der Waals surface area contributed by atoms with E-state index in [1.165, 1.54) is 0 Å². The van der Waals surface area contributed by atoms with E-state index in [2.05, 4.69) is 15.5 Å². The number of amides is 2. The lowest BCUT2D eigenvalue weighted by molar-refractivity contribution is -0.132. The fraction of sp³-hybridized carbons (Fsp3) is 0.385. The third kappa shape index (κ3) is 6.48. The normalized spacial score (nSPS) is 14.3. The third-order valence-electron chi connectivity index (χ3n) is 6.00. The maximum Gasteiger partial charge on any atom is 0.240 e. The molecule has 0 unspecified atom stereocenters. The number of carbonyl (C=O) groups is 2. The van der Waals surface area contributed by atoms with Crippen LogP contribution >= 0.6 is 11.6 Å². The number of benzene rings is 2. The Labute approximate surface area is 215 Å². The molecule has 0 spiro atoms. The molecule has 10 heteroatoms. The summed E-state index contributed by atoms with van der Waals surface area (Å²) in [5.41, 5.74) is 6.88. The van der Waals surface area contributed by atoms with Crippen molar-refractivity contribution in [2.45, 2.75) is 51.5 Å². The molecule has 3 N–H and O–H groups in total. The molecule has 2 aromatic carbocycles. The lowest BCUT2D eigenvalue weighted by Crippen LogP contribution is -2.51. The van der Waals surface area contributed by atoms with Crippen LogP contribution in [0.25, 0.3) is 0 Å². The second kappa shape index (κ2) is 11.2. The Morgan fingerprint density at radius 2 is 1.81 bits per heavy atom. The van der Waals surface area contributed by atoms with Crippen molar-refractivity contribution in [3.05, 3.63) is 82.4 Å². The maximum atomic E-state index is 12.9. The highest BCUT2D eigenvalue weighted by atomic mass is 35.5. The Kier molecular flexibility index (Phi) is 8.03. The first-order valence-corrected chi connectivity index (χ1v) is 12.2. The molecular formula is C26H31ClN6O3. The molecule has 190 valence electrons. The number of carbonyl (C=O) groups excluding carboxylic acids is 2. The monoisotopic (exact) mass is 510 g/mol. The van der Waals surface area contributed by atoms with Crippen LogP contribution in [0.3, 0.4) is 0 Å². The van der Waals surface area contributed by atoms with Crippen molar-refractivity contribution in [3.8, 4) is 0 Å². The summed E-state index contributed by atoms with van der Waals surface area (Å²) in [7, 11) is 0. The lowest BCUT2D eigenvalue weighted by atomic mass is 10.1. The predicted molar refractivity (Wildman–Crippen MR) is 136 cm³/mol. The standard InChI is InChI=1S/C26H31ClN6O3/c1-26(2,28)25(35)29-21(17-36-16-19-6-4-3-5-7-19)24-31-30-22-15-32(12-13-33(22)24)23(34)14-18-8-10-20(27)11-9-18/h3-11,21H,12-17,28H2,1-2H3,(H,29,35)/t21-/m1/s1. The van der Waals surface area contributed by atoms with Crippen LogP contribution in [0.2, 0.25) is 5.02 Å². The van der Waals surface area contributed by atoms with Gasteiger partial charge in [-0.15, -0.1) is 10.2 Å². The molecule has 0 aliphatic carbocycles. The molecule has 3 aromatic rings. The summed E-state index contributed by atoms with van der Waals surface area (Å²) in [5, 5.41) is 12.3. The van der Waals surface area contributed by atoms with E-state index in [0.717, 1.165) is 11.1 Å². The second-order valence-corrected chi connectivity index (χ2v) is 9.93. The Morgan fingerprint density at radius 1 is 1.08 bits per heavy atom. The van der Waals surface area contributed by atoms with Gasteiger partial charge in [0, 0.05) is 18.1 Å². The van der Waals surface area contributed by atoms with E-state index in [0.29, 0.717) is 42.9 Å². The molecule has 0 fully saturated rings. The van der Waals surface area contributed by atoms with Crippen LogP contribution in [0.1, 0.15) is 42.7 Å². The Bertz CT molecular complexity index is 1190. The van der Waals surface area contributed by atoms with Crippen LogP contribution in [0, 0.1) is 0 Å². The minimum Gasteiger partial charge on any atom is -0.374 e. The Hall–Kier alpha value is -3.27. The molecule has 1 aliphatic heterocycles. The van der Waals surface area contributed by atoms with E-state index in [9.17, 15) is 9.59 Å². The van der Waals surface area contributed by atoms with Crippen molar-refractivity contribution in [3.63, 3.8) is 0 Å². The van der Waals surface area contributed by atoms with Crippen LogP contribution in [0.5, 0.6) is 0 Å². The number of hydrogen-bond donors (Lipinski definition) is 2. The van der Waals surface area contributed by atoms with E-state index in [4.69, 9.17) is 22.1 Å². The highest BCUT2D eigenvalue weighted by Gasteiger charge is 2.31. The minimum atomic E-state index is -1.06.